The Morgan fingerprint density at radius 1 is 0.340 bits per heavy atom. The molecular formula is C50H32N2O. The van der Waals surface area contributed by atoms with Gasteiger partial charge in [-0.25, -0.2) is 9.97 Å². The Kier molecular flexibility index (Phi) is 7.47. The summed E-state index contributed by atoms with van der Waals surface area (Å²) in [6.45, 7) is 0. The van der Waals surface area contributed by atoms with Gasteiger partial charge >= 0.3 is 0 Å². The average Bonchev–Trinajstić information content (AvgIpc) is 3.64. The lowest BCUT2D eigenvalue weighted by atomic mass is 9.90. The third-order valence-corrected chi connectivity index (χ3v) is 10.1. The van der Waals surface area contributed by atoms with E-state index in [2.05, 4.69) is 164 Å². The Labute approximate surface area is 307 Å². The Balaban J connectivity index is 1.24. The molecular weight excluding hydrogens is 645 g/mol. The van der Waals surface area contributed by atoms with Gasteiger partial charge in [0.05, 0.1) is 11.4 Å². The molecule has 2 heterocycles. The second-order valence-electron chi connectivity index (χ2n) is 13.4. The first-order chi connectivity index (χ1) is 26.2. The smallest absolute Gasteiger partial charge is 0.160 e. The number of nitrogens with zero attached hydrogens (tertiary/aromatic N) is 2. The fourth-order valence-electron chi connectivity index (χ4n) is 7.44. The summed E-state index contributed by atoms with van der Waals surface area (Å²) in [4.78, 5) is 10.3. The first kappa shape index (κ1) is 30.7. The molecule has 3 heteroatoms. The molecule has 10 aromatic rings. The lowest BCUT2D eigenvalue weighted by Gasteiger charge is -2.15. The van der Waals surface area contributed by atoms with E-state index in [1.165, 1.54) is 11.1 Å². The molecule has 0 amide bonds. The molecule has 0 radical (unpaired) electrons. The molecule has 0 unspecified atom stereocenters. The molecule has 0 aliphatic carbocycles. The van der Waals surface area contributed by atoms with Crippen molar-refractivity contribution < 1.29 is 4.42 Å². The van der Waals surface area contributed by atoms with Crippen molar-refractivity contribution in [3.05, 3.63) is 194 Å². The van der Waals surface area contributed by atoms with Gasteiger partial charge in [-0.3, -0.25) is 0 Å². The van der Waals surface area contributed by atoms with Crippen LogP contribution in [0.5, 0.6) is 0 Å². The monoisotopic (exact) mass is 676 g/mol. The lowest BCUT2D eigenvalue weighted by molar-refractivity contribution is 0.673. The molecule has 0 aliphatic heterocycles. The number of hydrogen-bond donors (Lipinski definition) is 0. The summed E-state index contributed by atoms with van der Waals surface area (Å²) in [5.74, 6) is 0.690. The summed E-state index contributed by atoms with van der Waals surface area (Å²) in [6, 6.07) is 68.1. The van der Waals surface area contributed by atoms with Crippen molar-refractivity contribution in [2.45, 2.75) is 0 Å². The maximum absolute atomic E-state index is 6.62. The number of rotatable bonds is 6. The van der Waals surface area contributed by atoms with Gasteiger partial charge in [-0.2, -0.15) is 0 Å². The summed E-state index contributed by atoms with van der Waals surface area (Å²) in [7, 11) is 0. The summed E-state index contributed by atoms with van der Waals surface area (Å²) in [5, 5.41) is 4.45. The molecule has 0 bridgehead atoms. The largest absolute Gasteiger partial charge is 0.455 e. The van der Waals surface area contributed by atoms with Crippen LogP contribution in [0.1, 0.15) is 0 Å². The zero-order valence-electron chi connectivity index (χ0n) is 28.8. The van der Waals surface area contributed by atoms with Crippen LogP contribution >= 0.6 is 0 Å². The van der Waals surface area contributed by atoms with Gasteiger partial charge in [-0.05, 0) is 75.2 Å². The van der Waals surface area contributed by atoms with Crippen LogP contribution in [0.15, 0.2) is 199 Å². The first-order valence-electron chi connectivity index (χ1n) is 17.9. The molecule has 3 nitrogen and oxygen atoms in total. The molecule has 2 aromatic heterocycles. The van der Waals surface area contributed by atoms with Crippen LogP contribution in [0, 0.1) is 0 Å². The molecule has 0 atom stereocenters. The Morgan fingerprint density at radius 2 is 0.849 bits per heavy atom. The highest BCUT2D eigenvalue weighted by Gasteiger charge is 2.19. The highest BCUT2D eigenvalue weighted by atomic mass is 16.3. The zero-order chi connectivity index (χ0) is 35.1. The minimum absolute atomic E-state index is 0.690. The van der Waals surface area contributed by atoms with Crippen LogP contribution in [-0.2, 0) is 0 Å². The van der Waals surface area contributed by atoms with Crippen LogP contribution in [-0.4, -0.2) is 9.97 Å². The summed E-state index contributed by atoms with van der Waals surface area (Å²) in [6.07, 6.45) is 0. The number of furan rings is 1. The second-order valence-corrected chi connectivity index (χ2v) is 13.4. The van der Waals surface area contributed by atoms with Gasteiger partial charge in [0.25, 0.3) is 0 Å². The number of benzene rings is 8. The maximum atomic E-state index is 6.62. The Morgan fingerprint density at radius 3 is 1.57 bits per heavy atom. The van der Waals surface area contributed by atoms with Gasteiger partial charge in [0.15, 0.2) is 5.82 Å². The summed E-state index contributed by atoms with van der Waals surface area (Å²) >= 11 is 0. The summed E-state index contributed by atoms with van der Waals surface area (Å²) < 4.78 is 6.62. The number of para-hydroxylation sites is 1. The molecule has 53 heavy (non-hydrogen) atoms. The van der Waals surface area contributed by atoms with Gasteiger partial charge in [0.2, 0.25) is 0 Å². The Hall–Kier alpha value is -7.10. The third-order valence-electron chi connectivity index (χ3n) is 10.1. The van der Waals surface area contributed by atoms with Crippen LogP contribution in [0.2, 0.25) is 0 Å². The standard InChI is InChI=1S/C50H32N2O/c1-4-14-33(15-5-1)34-24-26-35(27-25-34)39-28-40(44-31-38-20-10-11-21-42(38)49-48(44)43-22-12-13-23-47(43)53-49)30-41(29-39)46-32-45(36-16-6-2-7-17-36)51-50(52-46)37-18-8-3-9-19-37/h1-32H. The molecule has 0 fully saturated rings. The van der Waals surface area contributed by atoms with E-state index >= 15 is 0 Å². The average molecular weight is 677 g/mol. The maximum Gasteiger partial charge on any atom is 0.160 e. The van der Waals surface area contributed by atoms with E-state index in [0.717, 1.165) is 83.0 Å². The fourth-order valence-corrected chi connectivity index (χ4v) is 7.44. The predicted molar refractivity (Wildman–Crippen MR) is 219 cm³/mol. The van der Waals surface area contributed by atoms with Crippen LogP contribution in [0.3, 0.4) is 0 Å². The van der Waals surface area contributed by atoms with Crippen molar-refractivity contribution in [3.8, 4) is 67.3 Å². The molecule has 0 spiro atoms. The third kappa shape index (κ3) is 5.65. The molecule has 248 valence electrons. The van der Waals surface area contributed by atoms with Crippen molar-refractivity contribution in [2.24, 2.45) is 0 Å². The highest BCUT2D eigenvalue weighted by molar-refractivity contribution is 6.21. The second kappa shape index (κ2) is 12.9. The minimum atomic E-state index is 0.690. The first-order valence-corrected chi connectivity index (χ1v) is 17.9. The Bertz CT molecular complexity index is 2860. The van der Waals surface area contributed by atoms with Crippen molar-refractivity contribution >= 4 is 32.7 Å². The highest BCUT2D eigenvalue weighted by Crippen LogP contribution is 2.43. The van der Waals surface area contributed by atoms with Gasteiger partial charge in [-0.15, -0.1) is 0 Å². The van der Waals surface area contributed by atoms with E-state index < -0.39 is 0 Å². The molecule has 0 saturated heterocycles. The van der Waals surface area contributed by atoms with Gasteiger partial charge in [-0.1, -0.05) is 158 Å². The minimum Gasteiger partial charge on any atom is -0.455 e. The van der Waals surface area contributed by atoms with Gasteiger partial charge < -0.3 is 4.42 Å². The van der Waals surface area contributed by atoms with Gasteiger partial charge in [0, 0.05) is 32.8 Å². The van der Waals surface area contributed by atoms with Crippen molar-refractivity contribution in [3.63, 3.8) is 0 Å². The normalized spacial score (nSPS) is 11.4. The SMILES string of the molecule is c1ccc(-c2ccc(-c3cc(-c4cc(-c5ccccc5)nc(-c5ccccc5)n4)cc(-c4cc5ccccc5c5oc6ccccc6c45)c3)cc2)cc1. The van der Waals surface area contributed by atoms with E-state index in [1.807, 2.05) is 30.3 Å². The topological polar surface area (TPSA) is 38.9 Å². The molecule has 0 saturated carbocycles. The fraction of sp³-hybridized carbons (Fsp3) is 0. The lowest BCUT2D eigenvalue weighted by Crippen LogP contribution is -1.96. The van der Waals surface area contributed by atoms with Crippen molar-refractivity contribution in [1.82, 2.24) is 9.97 Å². The zero-order valence-corrected chi connectivity index (χ0v) is 28.8. The van der Waals surface area contributed by atoms with Crippen LogP contribution in [0.25, 0.3) is 100.0 Å². The molecule has 0 N–H and O–H groups in total. The number of fused-ring (bicyclic) bond motifs is 5. The van der Waals surface area contributed by atoms with E-state index in [4.69, 9.17) is 14.4 Å². The van der Waals surface area contributed by atoms with E-state index in [9.17, 15) is 0 Å². The quantitative estimate of drug-likeness (QED) is 0.176. The number of aromatic nitrogens is 2. The van der Waals surface area contributed by atoms with Crippen molar-refractivity contribution in [1.29, 1.82) is 0 Å². The van der Waals surface area contributed by atoms with E-state index in [-0.39, 0.29) is 0 Å². The predicted octanol–water partition coefficient (Wildman–Crippen LogP) is 13.5. The van der Waals surface area contributed by atoms with Crippen LogP contribution < -0.4 is 0 Å². The number of hydrogen-bond acceptors (Lipinski definition) is 3. The molecule has 8 aromatic carbocycles. The summed E-state index contributed by atoms with van der Waals surface area (Å²) in [5.41, 5.74) is 13.4. The molecule has 0 aliphatic rings. The van der Waals surface area contributed by atoms with Crippen LogP contribution in [0.4, 0.5) is 0 Å². The van der Waals surface area contributed by atoms with Gasteiger partial charge in [0.1, 0.15) is 11.2 Å². The van der Waals surface area contributed by atoms with E-state index in [0.29, 0.717) is 5.82 Å². The van der Waals surface area contributed by atoms with E-state index in [1.54, 1.807) is 0 Å². The van der Waals surface area contributed by atoms with Crippen molar-refractivity contribution in [2.75, 3.05) is 0 Å². The molecule has 10 rings (SSSR count).